The number of nitrogens with two attached hydrogens (primary N) is 1. The molecule has 0 radical (unpaired) electrons. The number of aryl methyl sites for hydroxylation is 1. The molecule has 0 bridgehead atoms. The Kier molecular flexibility index (Phi) is 2.51. The lowest BCUT2D eigenvalue weighted by Crippen LogP contribution is -2.07. The quantitative estimate of drug-likeness (QED) is 0.804. The van der Waals surface area contributed by atoms with Gasteiger partial charge in [0.15, 0.2) is 0 Å². The summed E-state index contributed by atoms with van der Waals surface area (Å²) >= 11 is 0. The number of hydrogen-bond donors (Lipinski definition) is 1. The first kappa shape index (κ1) is 9.86. The van der Waals surface area contributed by atoms with Crippen LogP contribution in [0.1, 0.15) is 24.2 Å². The number of pyridine rings is 1. The van der Waals surface area contributed by atoms with E-state index in [-0.39, 0.29) is 6.04 Å². The third kappa shape index (κ3) is 2.05. The summed E-state index contributed by atoms with van der Waals surface area (Å²) in [6.45, 7) is 3.92. The second kappa shape index (κ2) is 3.82. The van der Waals surface area contributed by atoms with Gasteiger partial charge >= 0.3 is 0 Å². The molecular weight excluding hydrogens is 188 g/mol. The van der Waals surface area contributed by atoms with E-state index in [4.69, 9.17) is 5.73 Å². The molecule has 0 fully saturated rings. The molecule has 4 nitrogen and oxygen atoms in total. The van der Waals surface area contributed by atoms with Gasteiger partial charge < -0.3 is 5.73 Å². The van der Waals surface area contributed by atoms with Crippen LogP contribution in [0.5, 0.6) is 0 Å². The van der Waals surface area contributed by atoms with Crippen LogP contribution in [0.4, 0.5) is 0 Å². The molecule has 0 amide bonds. The Balaban J connectivity index is 2.31. The molecule has 78 valence electrons. The van der Waals surface area contributed by atoms with Crippen molar-refractivity contribution in [3.8, 4) is 5.69 Å². The highest BCUT2D eigenvalue weighted by Crippen LogP contribution is 2.10. The van der Waals surface area contributed by atoms with Gasteiger partial charge in [0.2, 0.25) is 0 Å². The molecule has 2 heterocycles. The average Bonchev–Trinajstić information content (AvgIpc) is 2.65. The lowest BCUT2D eigenvalue weighted by molar-refractivity contribution is 0.775. The van der Waals surface area contributed by atoms with E-state index in [1.54, 1.807) is 10.9 Å². The maximum Gasteiger partial charge on any atom is 0.0829 e. The van der Waals surface area contributed by atoms with E-state index in [1.807, 2.05) is 38.4 Å². The van der Waals surface area contributed by atoms with Crippen LogP contribution in [0.15, 0.2) is 30.7 Å². The molecule has 0 spiro atoms. The van der Waals surface area contributed by atoms with Crippen LogP contribution in [0, 0.1) is 6.92 Å². The monoisotopic (exact) mass is 202 g/mol. The molecule has 2 N–H and O–H groups in total. The Hall–Kier alpha value is -1.68. The van der Waals surface area contributed by atoms with Gasteiger partial charge in [-0.25, -0.2) is 4.68 Å². The van der Waals surface area contributed by atoms with Crippen molar-refractivity contribution in [2.45, 2.75) is 19.9 Å². The first-order chi connectivity index (χ1) is 7.16. The molecule has 0 saturated heterocycles. The zero-order valence-electron chi connectivity index (χ0n) is 8.88. The van der Waals surface area contributed by atoms with Crippen molar-refractivity contribution in [2.24, 2.45) is 5.73 Å². The smallest absolute Gasteiger partial charge is 0.0829 e. The molecule has 2 aromatic rings. The van der Waals surface area contributed by atoms with Gasteiger partial charge in [-0.05, 0) is 31.5 Å². The second-order valence-corrected chi connectivity index (χ2v) is 3.69. The van der Waals surface area contributed by atoms with Crippen molar-refractivity contribution >= 4 is 0 Å². The number of nitrogens with zero attached hydrogens (tertiary/aromatic N) is 3. The highest BCUT2D eigenvalue weighted by Gasteiger charge is 2.02. The van der Waals surface area contributed by atoms with Gasteiger partial charge in [-0.2, -0.15) is 5.10 Å². The molecule has 0 aromatic carbocycles. The average molecular weight is 202 g/mol. The molecular formula is C11H14N4. The summed E-state index contributed by atoms with van der Waals surface area (Å²) in [6, 6.07) is 3.87. The van der Waals surface area contributed by atoms with E-state index in [9.17, 15) is 0 Å². The van der Waals surface area contributed by atoms with Gasteiger partial charge in [-0.15, -0.1) is 0 Å². The van der Waals surface area contributed by atoms with Crippen LogP contribution in [-0.4, -0.2) is 14.8 Å². The van der Waals surface area contributed by atoms with E-state index >= 15 is 0 Å². The number of rotatable bonds is 2. The lowest BCUT2D eigenvalue weighted by atomic mass is 10.2. The fraction of sp³-hybridized carbons (Fsp3) is 0.273. The zero-order valence-corrected chi connectivity index (χ0v) is 8.88. The Morgan fingerprint density at radius 1 is 1.33 bits per heavy atom. The van der Waals surface area contributed by atoms with E-state index < -0.39 is 0 Å². The van der Waals surface area contributed by atoms with E-state index in [2.05, 4.69) is 10.1 Å². The SMILES string of the molecule is Cc1cnn(-c2ccc([C@H](C)N)nc2)c1. The maximum atomic E-state index is 5.72. The molecule has 15 heavy (non-hydrogen) atoms. The van der Waals surface area contributed by atoms with Crippen LogP contribution in [0.2, 0.25) is 0 Å². The van der Waals surface area contributed by atoms with Crippen LogP contribution in [0.25, 0.3) is 5.69 Å². The predicted molar refractivity (Wildman–Crippen MR) is 58.7 cm³/mol. The van der Waals surface area contributed by atoms with Crippen molar-refractivity contribution < 1.29 is 0 Å². The minimum absolute atomic E-state index is 0.0293. The molecule has 0 aliphatic carbocycles. The Morgan fingerprint density at radius 3 is 2.60 bits per heavy atom. The summed E-state index contributed by atoms with van der Waals surface area (Å²) in [5.41, 5.74) is 8.70. The molecule has 2 aromatic heterocycles. The first-order valence-electron chi connectivity index (χ1n) is 4.90. The second-order valence-electron chi connectivity index (χ2n) is 3.69. The maximum absolute atomic E-state index is 5.72. The highest BCUT2D eigenvalue weighted by atomic mass is 15.3. The molecule has 0 saturated carbocycles. The van der Waals surface area contributed by atoms with Gasteiger partial charge in [0, 0.05) is 12.2 Å². The first-order valence-corrected chi connectivity index (χ1v) is 4.90. The van der Waals surface area contributed by atoms with Gasteiger partial charge in [0.05, 0.1) is 23.8 Å². The fourth-order valence-corrected chi connectivity index (χ4v) is 1.36. The fourth-order valence-electron chi connectivity index (χ4n) is 1.36. The third-order valence-corrected chi connectivity index (χ3v) is 2.21. The Morgan fingerprint density at radius 2 is 2.13 bits per heavy atom. The summed E-state index contributed by atoms with van der Waals surface area (Å²) in [7, 11) is 0. The normalized spacial score (nSPS) is 12.7. The Labute approximate surface area is 88.8 Å². The van der Waals surface area contributed by atoms with Crippen LogP contribution >= 0.6 is 0 Å². The molecule has 0 unspecified atom stereocenters. The standard InChI is InChI=1S/C11H14N4/c1-8-5-14-15(7-8)10-3-4-11(9(2)12)13-6-10/h3-7,9H,12H2,1-2H3/t9-/m0/s1. The minimum Gasteiger partial charge on any atom is -0.323 e. The minimum atomic E-state index is -0.0293. The van der Waals surface area contributed by atoms with E-state index in [0.717, 1.165) is 16.9 Å². The van der Waals surface area contributed by atoms with Crippen LogP contribution in [-0.2, 0) is 0 Å². The zero-order chi connectivity index (χ0) is 10.8. The van der Waals surface area contributed by atoms with E-state index in [1.165, 1.54) is 0 Å². The lowest BCUT2D eigenvalue weighted by Gasteiger charge is -2.05. The topological polar surface area (TPSA) is 56.7 Å². The van der Waals surface area contributed by atoms with Crippen molar-refractivity contribution in [3.63, 3.8) is 0 Å². The molecule has 0 aliphatic heterocycles. The van der Waals surface area contributed by atoms with Crippen LogP contribution in [0.3, 0.4) is 0 Å². The summed E-state index contributed by atoms with van der Waals surface area (Å²) in [5, 5.41) is 4.21. The largest absolute Gasteiger partial charge is 0.323 e. The van der Waals surface area contributed by atoms with Crippen molar-refractivity contribution in [3.05, 3.63) is 42.0 Å². The van der Waals surface area contributed by atoms with Crippen LogP contribution < -0.4 is 5.73 Å². The van der Waals surface area contributed by atoms with Gasteiger partial charge in [0.1, 0.15) is 0 Å². The summed E-state index contributed by atoms with van der Waals surface area (Å²) in [4.78, 5) is 4.28. The molecule has 2 rings (SSSR count). The van der Waals surface area contributed by atoms with Gasteiger partial charge in [0.25, 0.3) is 0 Å². The third-order valence-electron chi connectivity index (χ3n) is 2.21. The molecule has 0 aliphatic rings. The van der Waals surface area contributed by atoms with Gasteiger partial charge in [-0.3, -0.25) is 4.98 Å². The summed E-state index contributed by atoms with van der Waals surface area (Å²) in [5.74, 6) is 0. The predicted octanol–water partition coefficient (Wildman–Crippen LogP) is 1.60. The summed E-state index contributed by atoms with van der Waals surface area (Å²) in [6.07, 6.45) is 5.56. The van der Waals surface area contributed by atoms with Gasteiger partial charge in [-0.1, -0.05) is 0 Å². The summed E-state index contributed by atoms with van der Waals surface area (Å²) < 4.78 is 1.80. The molecule has 1 atom stereocenters. The molecule has 4 heteroatoms. The number of aromatic nitrogens is 3. The van der Waals surface area contributed by atoms with E-state index in [0.29, 0.717) is 0 Å². The van der Waals surface area contributed by atoms with Crippen molar-refractivity contribution in [2.75, 3.05) is 0 Å². The highest BCUT2D eigenvalue weighted by molar-refractivity contribution is 5.29. The Bertz CT molecular complexity index is 442. The number of hydrogen-bond acceptors (Lipinski definition) is 3. The van der Waals surface area contributed by atoms with Crippen molar-refractivity contribution in [1.82, 2.24) is 14.8 Å². The van der Waals surface area contributed by atoms with Crippen molar-refractivity contribution in [1.29, 1.82) is 0 Å².